The van der Waals surface area contributed by atoms with Crippen LogP contribution in [0, 0.1) is 17.4 Å². The molecule has 0 radical (unpaired) electrons. The quantitative estimate of drug-likeness (QED) is 0.748. The van der Waals surface area contributed by atoms with Crippen molar-refractivity contribution in [1.29, 1.82) is 0 Å². The molecule has 110 valence electrons. The topological polar surface area (TPSA) is 41.1 Å². The van der Waals surface area contributed by atoms with Crippen LogP contribution in [-0.2, 0) is 6.42 Å². The zero-order valence-corrected chi connectivity index (χ0v) is 14.4. The Bertz CT molecular complexity index is 623. The number of urea groups is 1. The molecule has 0 spiro atoms. The maximum Gasteiger partial charge on any atom is 0.319 e. The first kappa shape index (κ1) is 15.8. The Morgan fingerprint density at radius 3 is 2.48 bits per heavy atom. The predicted molar refractivity (Wildman–Crippen MR) is 95.8 cm³/mol. The van der Waals surface area contributed by atoms with Crippen LogP contribution in [0.15, 0.2) is 42.5 Å². The van der Waals surface area contributed by atoms with Crippen molar-refractivity contribution in [1.82, 2.24) is 5.32 Å². The van der Waals surface area contributed by atoms with E-state index in [9.17, 15) is 4.79 Å². The fourth-order valence-corrected chi connectivity index (χ4v) is 2.66. The number of hydrogen-bond donors (Lipinski definition) is 2. The van der Waals surface area contributed by atoms with Gasteiger partial charge in [0, 0.05) is 15.8 Å². The van der Waals surface area contributed by atoms with Crippen LogP contribution in [-0.4, -0.2) is 12.6 Å². The number of nitrogens with one attached hydrogen (secondary N) is 2. The van der Waals surface area contributed by atoms with E-state index < -0.39 is 0 Å². The van der Waals surface area contributed by atoms with Crippen molar-refractivity contribution >= 4 is 34.3 Å². The average molecular weight is 394 g/mol. The Hall–Kier alpha value is -1.56. The fourth-order valence-electron chi connectivity index (χ4n) is 2.01. The van der Waals surface area contributed by atoms with E-state index in [-0.39, 0.29) is 6.03 Å². The number of aryl methyl sites for hydroxylation is 2. The molecular formula is C17H19IN2O. The number of anilines is 1. The maximum absolute atomic E-state index is 11.9. The van der Waals surface area contributed by atoms with E-state index in [1.807, 2.05) is 25.1 Å². The van der Waals surface area contributed by atoms with Crippen LogP contribution in [0.3, 0.4) is 0 Å². The van der Waals surface area contributed by atoms with Crippen molar-refractivity contribution < 1.29 is 4.79 Å². The highest BCUT2D eigenvalue weighted by atomic mass is 127. The molecule has 0 aliphatic heterocycles. The van der Waals surface area contributed by atoms with Gasteiger partial charge in [0.15, 0.2) is 0 Å². The molecule has 0 unspecified atom stereocenters. The van der Waals surface area contributed by atoms with Crippen molar-refractivity contribution in [2.45, 2.75) is 20.3 Å². The van der Waals surface area contributed by atoms with Gasteiger partial charge in [-0.05, 0) is 72.2 Å². The van der Waals surface area contributed by atoms with Crippen LogP contribution in [0.5, 0.6) is 0 Å². The van der Waals surface area contributed by atoms with Crippen molar-refractivity contribution in [3.8, 4) is 0 Å². The molecule has 0 aliphatic carbocycles. The smallest absolute Gasteiger partial charge is 0.319 e. The summed E-state index contributed by atoms with van der Waals surface area (Å²) in [4.78, 5) is 11.9. The lowest BCUT2D eigenvalue weighted by Crippen LogP contribution is -2.30. The number of carbonyl (C=O) groups is 1. The van der Waals surface area contributed by atoms with Crippen LogP contribution in [0.2, 0.25) is 0 Å². The first-order valence-corrected chi connectivity index (χ1v) is 7.99. The summed E-state index contributed by atoms with van der Waals surface area (Å²) in [7, 11) is 0. The Labute approximate surface area is 139 Å². The second kappa shape index (κ2) is 7.45. The second-order valence-corrected chi connectivity index (χ2v) is 6.32. The highest BCUT2D eigenvalue weighted by Crippen LogP contribution is 2.17. The minimum Gasteiger partial charge on any atom is -0.338 e. The van der Waals surface area contributed by atoms with Gasteiger partial charge in [-0.2, -0.15) is 0 Å². The molecule has 2 N–H and O–H groups in total. The van der Waals surface area contributed by atoms with Crippen molar-refractivity contribution in [3.63, 3.8) is 0 Å². The third-order valence-corrected chi connectivity index (χ3v) is 3.93. The van der Waals surface area contributed by atoms with Crippen LogP contribution < -0.4 is 10.6 Å². The van der Waals surface area contributed by atoms with Crippen LogP contribution in [0.25, 0.3) is 0 Å². The number of benzene rings is 2. The summed E-state index contributed by atoms with van der Waals surface area (Å²) in [6.45, 7) is 4.68. The van der Waals surface area contributed by atoms with E-state index in [2.05, 4.69) is 64.4 Å². The van der Waals surface area contributed by atoms with Crippen LogP contribution in [0.4, 0.5) is 10.5 Å². The SMILES string of the molecule is Cc1ccc(CCNC(=O)Nc2ccc(I)cc2C)cc1. The van der Waals surface area contributed by atoms with Gasteiger partial charge in [-0.15, -0.1) is 0 Å². The zero-order chi connectivity index (χ0) is 15.2. The van der Waals surface area contributed by atoms with Crippen molar-refractivity contribution in [3.05, 3.63) is 62.7 Å². The Morgan fingerprint density at radius 1 is 1.10 bits per heavy atom. The first-order valence-electron chi connectivity index (χ1n) is 6.91. The lowest BCUT2D eigenvalue weighted by Gasteiger charge is -2.10. The summed E-state index contributed by atoms with van der Waals surface area (Å²) < 4.78 is 1.16. The van der Waals surface area contributed by atoms with Gasteiger partial charge in [0.25, 0.3) is 0 Å². The molecule has 0 saturated heterocycles. The van der Waals surface area contributed by atoms with Gasteiger partial charge in [0.05, 0.1) is 0 Å². The highest BCUT2D eigenvalue weighted by Gasteiger charge is 2.04. The maximum atomic E-state index is 11.9. The number of rotatable bonds is 4. The molecule has 0 heterocycles. The Kier molecular flexibility index (Phi) is 5.61. The van der Waals surface area contributed by atoms with Gasteiger partial charge in [0.1, 0.15) is 0 Å². The molecule has 0 saturated carbocycles. The van der Waals surface area contributed by atoms with E-state index in [1.165, 1.54) is 11.1 Å². The van der Waals surface area contributed by atoms with Gasteiger partial charge >= 0.3 is 6.03 Å². The summed E-state index contributed by atoms with van der Waals surface area (Å²) in [5, 5.41) is 5.76. The van der Waals surface area contributed by atoms with Gasteiger partial charge in [-0.25, -0.2) is 4.79 Å². The fraction of sp³-hybridized carbons (Fsp3) is 0.235. The van der Waals surface area contributed by atoms with E-state index in [0.29, 0.717) is 6.54 Å². The molecule has 2 aromatic rings. The number of carbonyl (C=O) groups excluding carboxylic acids is 1. The molecule has 2 rings (SSSR count). The third-order valence-electron chi connectivity index (χ3n) is 3.26. The first-order chi connectivity index (χ1) is 10.0. The predicted octanol–water partition coefficient (Wildman–Crippen LogP) is 4.27. The minimum absolute atomic E-state index is 0.161. The van der Waals surface area contributed by atoms with Crippen molar-refractivity contribution in [2.24, 2.45) is 0 Å². The summed E-state index contributed by atoms with van der Waals surface area (Å²) in [5.41, 5.74) is 4.39. The monoisotopic (exact) mass is 394 g/mol. The van der Waals surface area contributed by atoms with E-state index in [0.717, 1.165) is 21.2 Å². The number of amides is 2. The van der Waals surface area contributed by atoms with Gasteiger partial charge < -0.3 is 10.6 Å². The molecule has 0 fully saturated rings. The normalized spacial score (nSPS) is 10.2. The van der Waals surface area contributed by atoms with Crippen LogP contribution >= 0.6 is 22.6 Å². The molecular weight excluding hydrogens is 375 g/mol. The third kappa shape index (κ3) is 5.04. The van der Waals surface area contributed by atoms with E-state index in [4.69, 9.17) is 0 Å². The second-order valence-electron chi connectivity index (χ2n) is 5.08. The molecule has 4 heteroatoms. The molecule has 0 bridgehead atoms. The Balaban J connectivity index is 1.81. The molecule has 0 atom stereocenters. The van der Waals surface area contributed by atoms with E-state index in [1.54, 1.807) is 0 Å². The summed E-state index contributed by atoms with van der Waals surface area (Å²) in [6, 6.07) is 14.2. The van der Waals surface area contributed by atoms with Gasteiger partial charge in [0.2, 0.25) is 0 Å². The molecule has 3 nitrogen and oxygen atoms in total. The zero-order valence-electron chi connectivity index (χ0n) is 12.2. The summed E-state index contributed by atoms with van der Waals surface area (Å²) >= 11 is 2.26. The molecule has 2 aromatic carbocycles. The lowest BCUT2D eigenvalue weighted by atomic mass is 10.1. The molecule has 21 heavy (non-hydrogen) atoms. The molecule has 2 amide bonds. The molecule has 0 aromatic heterocycles. The summed E-state index contributed by atoms with van der Waals surface area (Å²) in [5.74, 6) is 0. The van der Waals surface area contributed by atoms with Gasteiger partial charge in [-0.3, -0.25) is 0 Å². The van der Waals surface area contributed by atoms with Gasteiger partial charge in [-0.1, -0.05) is 29.8 Å². The van der Waals surface area contributed by atoms with E-state index >= 15 is 0 Å². The largest absolute Gasteiger partial charge is 0.338 e. The van der Waals surface area contributed by atoms with Crippen LogP contribution in [0.1, 0.15) is 16.7 Å². The summed E-state index contributed by atoms with van der Waals surface area (Å²) in [6.07, 6.45) is 0.833. The minimum atomic E-state index is -0.161. The van der Waals surface area contributed by atoms with Crippen molar-refractivity contribution in [2.75, 3.05) is 11.9 Å². The number of hydrogen-bond acceptors (Lipinski definition) is 1. The standard InChI is InChI=1S/C17H19IN2O/c1-12-3-5-14(6-4-12)9-10-19-17(21)20-16-8-7-15(18)11-13(16)2/h3-8,11H,9-10H2,1-2H3,(H2,19,20,21). The highest BCUT2D eigenvalue weighted by molar-refractivity contribution is 14.1. The molecule has 0 aliphatic rings. The lowest BCUT2D eigenvalue weighted by molar-refractivity contribution is 0.252. The Morgan fingerprint density at radius 2 is 1.81 bits per heavy atom. The average Bonchev–Trinajstić information content (AvgIpc) is 2.44. The number of halogens is 1.